The van der Waals surface area contributed by atoms with Crippen LogP contribution >= 0.6 is 0 Å². The van der Waals surface area contributed by atoms with Crippen LogP contribution in [0.4, 0.5) is 0 Å². The van der Waals surface area contributed by atoms with Crippen LogP contribution < -0.4 is 11.1 Å². The van der Waals surface area contributed by atoms with Crippen LogP contribution in [0.15, 0.2) is 30.3 Å². The first-order valence-electron chi connectivity index (χ1n) is 6.93. The molecule has 0 radical (unpaired) electrons. The van der Waals surface area contributed by atoms with Gasteiger partial charge < -0.3 is 11.1 Å². The molecular weight excluding hydrogens is 252 g/mol. The smallest absolute Gasteiger partial charge is 0.242 e. The van der Waals surface area contributed by atoms with Crippen LogP contribution in [0.5, 0.6) is 0 Å². The first-order valence-corrected chi connectivity index (χ1v) is 6.93. The van der Waals surface area contributed by atoms with Gasteiger partial charge in [0.2, 0.25) is 11.8 Å². The maximum absolute atomic E-state index is 12.3. The molecule has 0 aliphatic rings. The molecule has 2 amide bonds. The second kappa shape index (κ2) is 6.55. The number of benzene rings is 1. The van der Waals surface area contributed by atoms with Crippen LogP contribution in [0, 0.1) is 5.92 Å². The van der Waals surface area contributed by atoms with E-state index in [9.17, 15) is 9.59 Å². The van der Waals surface area contributed by atoms with E-state index in [1.165, 1.54) is 0 Å². The lowest BCUT2D eigenvalue weighted by atomic mass is 9.88. The van der Waals surface area contributed by atoms with E-state index in [0.717, 1.165) is 5.56 Å². The Balaban J connectivity index is 2.84. The van der Waals surface area contributed by atoms with E-state index >= 15 is 0 Å². The van der Waals surface area contributed by atoms with E-state index in [1.807, 2.05) is 51.1 Å². The zero-order valence-electron chi connectivity index (χ0n) is 12.6. The minimum Gasteiger partial charge on any atom is -0.368 e. The summed E-state index contributed by atoms with van der Waals surface area (Å²) in [4.78, 5) is 24.0. The minimum atomic E-state index is -1.01. The molecule has 0 bridgehead atoms. The van der Waals surface area contributed by atoms with Crippen molar-refractivity contribution in [1.82, 2.24) is 5.32 Å². The molecule has 2 unspecified atom stereocenters. The van der Waals surface area contributed by atoms with E-state index in [2.05, 4.69) is 5.32 Å². The molecular formula is C16H24N2O2. The summed E-state index contributed by atoms with van der Waals surface area (Å²) >= 11 is 0. The lowest BCUT2D eigenvalue weighted by Gasteiger charge is -2.30. The predicted octanol–water partition coefficient (Wildman–Crippen LogP) is 2.20. The molecule has 3 N–H and O–H groups in total. The van der Waals surface area contributed by atoms with Gasteiger partial charge in [0.1, 0.15) is 5.54 Å². The predicted molar refractivity (Wildman–Crippen MR) is 80.1 cm³/mol. The van der Waals surface area contributed by atoms with Gasteiger partial charge in [-0.15, -0.1) is 0 Å². The number of primary amides is 1. The molecule has 2 atom stereocenters. The third-order valence-electron chi connectivity index (χ3n) is 3.45. The van der Waals surface area contributed by atoms with Crippen LogP contribution in [0.3, 0.4) is 0 Å². The largest absolute Gasteiger partial charge is 0.368 e. The highest BCUT2D eigenvalue weighted by Gasteiger charge is 2.34. The van der Waals surface area contributed by atoms with Crippen LogP contribution in [0.2, 0.25) is 0 Å². The lowest BCUT2D eigenvalue weighted by molar-refractivity contribution is -0.132. The van der Waals surface area contributed by atoms with Gasteiger partial charge in [0, 0.05) is 0 Å². The van der Waals surface area contributed by atoms with Crippen molar-refractivity contribution in [3.05, 3.63) is 35.9 Å². The second-order valence-electron chi connectivity index (χ2n) is 5.92. The molecule has 0 spiro atoms. The molecule has 1 aromatic rings. The molecule has 0 saturated heterocycles. The summed E-state index contributed by atoms with van der Waals surface area (Å²) in [5.41, 5.74) is 5.36. The van der Waals surface area contributed by atoms with Crippen molar-refractivity contribution >= 4 is 11.8 Å². The third kappa shape index (κ3) is 4.08. The molecule has 110 valence electrons. The van der Waals surface area contributed by atoms with Gasteiger partial charge >= 0.3 is 0 Å². The van der Waals surface area contributed by atoms with Crippen LogP contribution in [-0.2, 0) is 9.59 Å². The summed E-state index contributed by atoms with van der Waals surface area (Å²) in [5, 5.41) is 2.81. The van der Waals surface area contributed by atoms with Gasteiger partial charge in [0.05, 0.1) is 5.92 Å². The fraction of sp³-hybridized carbons (Fsp3) is 0.500. The summed E-state index contributed by atoms with van der Waals surface area (Å²) in [6.45, 7) is 7.49. The molecule has 1 rings (SSSR count). The van der Waals surface area contributed by atoms with Gasteiger partial charge in [-0.3, -0.25) is 9.59 Å². The van der Waals surface area contributed by atoms with E-state index in [4.69, 9.17) is 5.73 Å². The molecule has 1 aromatic carbocycles. The molecule has 0 fully saturated rings. The number of nitrogens with two attached hydrogens (primary N) is 1. The van der Waals surface area contributed by atoms with Crippen molar-refractivity contribution in [3.63, 3.8) is 0 Å². The average molecular weight is 276 g/mol. The number of amides is 2. The fourth-order valence-electron chi connectivity index (χ4n) is 2.30. The van der Waals surface area contributed by atoms with E-state index < -0.39 is 11.4 Å². The van der Waals surface area contributed by atoms with Crippen molar-refractivity contribution in [2.24, 2.45) is 11.7 Å². The number of hydrogen-bond donors (Lipinski definition) is 2. The monoisotopic (exact) mass is 276 g/mol. The highest BCUT2D eigenvalue weighted by molar-refractivity contribution is 5.92. The summed E-state index contributed by atoms with van der Waals surface area (Å²) in [5.74, 6) is -0.736. The third-order valence-corrected chi connectivity index (χ3v) is 3.45. The fourth-order valence-corrected chi connectivity index (χ4v) is 2.30. The van der Waals surface area contributed by atoms with Crippen molar-refractivity contribution in [1.29, 1.82) is 0 Å². The Morgan fingerprint density at radius 3 is 2.20 bits per heavy atom. The molecule has 20 heavy (non-hydrogen) atoms. The quantitative estimate of drug-likeness (QED) is 0.836. The van der Waals surface area contributed by atoms with Crippen LogP contribution in [0.1, 0.15) is 45.6 Å². The molecule has 0 aromatic heterocycles. The molecule has 4 heteroatoms. The summed E-state index contributed by atoms with van der Waals surface area (Å²) < 4.78 is 0. The highest BCUT2D eigenvalue weighted by Crippen LogP contribution is 2.20. The Morgan fingerprint density at radius 2 is 1.75 bits per heavy atom. The van der Waals surface area contributed by atoms with E-state index in [-0.39, 0.29) is 17.7 Å². The summed E-state index contributed by atoms with van der Waals surface area (Å²) in [7, 11) is 0. The second-order valence-corrected chi connectivity index (χ2v) is 5.92. The Kier molecular flexibility index (Phi) is 5.31. The van der Waals surface area contributed by atoms with Crippen molar-refractivity contribution in [2.75, 3.05) is 0 Å². The maximum Gasteiger partial charge on any atom is 0.242 e. The molecule has 0 heterocycles. The number of carbonyl (C=O) groups excluding carboxylic acids is 2. The number of carbonyl (C=O) groups is 2. The van der Waals surface area contributed by atoms with Crippen molar-refractivity contribution < 1.29 is 9.59 Å². The van der Waals surface area contributed by atoms with Crippen molar-refractivity contribution in [2.45, 2.75) is 45.6 Å². The Morgan fingerprint density at radius 1 is 1.20 bits per heavy atom. The average Bonchev–Trinajstić information content (AvgIpc) is 2.37. The first kappa shape index (κ1) is 16.2. The van der Waals surface area contributed by atoms with Crippen LogP contribution in [-0.4, -0.2) is 17.4 Å². The zero-order chi connectivity index (χ0) is 15.3. The zero-order valence-corrected chi connectivity index (χ0v) is 12.6. The van der Waals surface area contributed by atoms with E-state index in [0.29, 0.717) is 6.42 Å². The number of rotatable bonds is 6. The maximum atomic E-state index is 12.3. The summed E-state index contributed by atoms with van der Waals surface area (Å²) in [6, 6.07) is 9.48. The van der Waals surface area contributed by atoms with Gasteiger partial charge in [0.25, 0.3) is 0 Å². The van der Waals surface area contributed by atoms with Gasteiger partial charge in [-0.05, 0) is 31.7 Å². The number of hydrogen-bond acceptors (Lipinski definition) is 2. The Labute approximate surface area is 120 Å². The standard InChI is InChI=1S/C16H24N2O2/c1-11(2)10-16(4,15(17)20)18-14(19)12(3)13-8-6-5-7-9-13/h5-9,11-12H,10H2,1-4H3,(H2,17,20)(H,18,19). The normalized spacial score (nSPS) is 15.4. The van der Waals surface area contributed by atoms with Gasteiger partial charge in [0.15, 0.2) is 0 Å². The minimum absolute atomic E-state index is 0.182. The first-order chi connectivity index (χ1) is 9.26. The Hall–Kier alpha value is -1.84. The van der Waals surface area contributed by atoms with Gasteiger partial charge in [-0.2, -0.15) is 0 Å². The highest BCUT2D eigenvalue weighted by atomic mass is 16.2. The van der Waals surface area contributed by atoms with Gasteiger partial charge in [-0.25, -0.2) is 0 Å². The molecule has 4 nitrogen and oxygen atoms in total. The SMILES string of the molecule is CC(C)CC(C)(NC(=O)C(C)c1ccccc1)C(N)=O. The Bertz CT molecular complexity index is 471. The topological polar surface area (TPSA) is 72.2 Å². The van der Waals surface area contributed by atoms with Crippen LogP contribution in [0.25, 0.3) is 0 Å². The lowest BCUT2D eigenvalue weighted by Crippen LogP contribution is -2.56. The van der Waals surface area contributed by atoms with E-state index in [1.54, 1.807) is 6.92 Å². The number of nitrogens with one attached hydrogen (secondary N) is 1. The summed E-state index contributed by atoms with van der Waals surface area (Å²) in [6.07, 6.45) is 0.523. The molecule has 0 aliphatic carbocycles. The van der Waals surface area contributed by atoms with Crippen molar-refractivity contribution in [3.8, 4) is 0 Å². The molecule has 0 aliphatic heterocycles. The van der Waals surface area contributed by atoms with Gasteiger partial charge in [-0.1, -0.05) is 44.2 Å². The molecule has 0 saturated carbocycles.